The Balaban J connectivity index is 2.02. The van der Waals surface area contributed by atoms with Crippen LogP contribution >= 0.6 is 15.2 Å². The van der Waals surface area contributed by atoms with Gasteiger partial charge >= 0.3 is 15.2 Å². The lowest BCUT2D eigenvalue weighted by Gasteiger charge is -2.00. The molecule has 8 nitrogen and oxygen atoms in total. The van der Waals surface area contributed by atoms with E-state index in [4.69, 9.17) is 19.6 Å². The summed E-state index contributed by atoms with van der Waals surface area (Å²) in [4.78, 5) is 35.6. The molecule has 128 valence electrons. The molecule has 2 rings (SSSR count). The highest BCUT2D eigenvalue weighted by Crippen LogP contribution is 2.34. The lowest BCUT2D eigenvalue weighted by Crippen LogP contribution is -2.32. The van der Waals surface area contributed by atoms with E-state index in [-0.39, 0.29) is 12.6 Å². The normalized spacial score (nSPS) is 12.7. The van der Waals surface area contributed by atoms with Crippen molar-refractivity contribution in [2.45, 2.75) is 12.6 Å². The van der Waals surface area contributed by atoms with Crippen molar-refractivity contribution in [3.05, 3.63) is 60.2 Å². The Bertz CT molecular complexity index is 739. The molecule has 2 aromatic heterocycles. The van der Waals surface area contributed by atoms with Gasteiger partial charge < -0.3 is 19.6 Å². The van der Waals surface area contributed by atoms with Gasteiger partial charge in [-0.25, -0.2) is 0 Å². The smallest absolute Gasteiger partial charge is 0.320 e. The quantitative estimate of drug-likeness (QED) is 0.437. The molecule has 0 bridgehead atoms. The molecule has 2 heterocycles. The van der Waals surface area contributed by atoms with Gasteiger partial charge in [-0.05, 0) is 11.1 Å². The Morgan fingerprint density at radius 3 is 1.25 bits per heavy atom. The van der Waals surface area contributed by atoms with Crippen LogP contribution in [0.2, 0.25) is 0 Å². The summed E-state index contributed by atoms with van der Waals surface area (Å²) >= 11 is 0. The van der Waals surface area contributed by atoms with Crippen LogP contribution in [0, 0.1) is 0 Å². The molecule has 0 aliphatic carbocycles. The molecule has 0 unspecified atom stereocenters. The summed E-state index contributed by atoms with van der Waals surface area (Å²) in [5.74, 6) is 0. The van der Waals surface area contributed by atoms with Gasteiger partial charge in [0, 0.05) is 24.3 Å². The molecular formula is C14H18N2O6P2+2. The number of hydrogen-bond acceptors (Lipinski definition) is 2. The lowest BCUT2D eigenvalue weighted by atomic mass is 10.2. The summed E-state index contributed by atoms with van der Waals surface area (Å²) < 4.78 is 24.7. The molecule has 0 saturated heterocycles. The molecule has 0 fully saturated rings. The van der Waals surface area contributed by atoms with Crippen LogP contribution in [0.3, 0.4) is 0 Å². The number of rotatable bonds is 6. The third kappa shape index (κ3) is 6.84. The van der Waals surface area contributed by atoms with Crippen LogP contribution in [0.4, 0.5) is 0 Å². The van der Waals surface area contributed by atoms with E-state index in [2.05, 4.69) is 0 Å². The Kier molecular flexibility index (Phi) is 5.83. The van der Waals surface area contributed by atoms with E-state index in [1.54, 1.807) is 49.1 Å². The van der Waals surface area contributed by atoms with Gasteiger partial charge in [-0.15, -0.1) is 0 Å². The first-order chi connectivity index (χ1) is 11.1. The molecule has 0 aliphatic heterocycles. The van der Waals surface area contributed by atoms with E-state index in [1.807, 2.05) is 12.2 Å². The van der Waals surface area contributed by atoms with Gasteiger partial charge in [0.2, 0.25) is 12.6 Å². The van der Waals surface area contributed by atoms with Gasteiger partial charge in [0.25, 0.3) is 0 Å². The van der Waals surface area contributed by atoms with Crippen molar-refractivity contribution in [1.29, 1.82) is 0 Å². The van der Waals surface area contributed by atoms with Gasteiger partial charge in [-0.1, -0.05) is 12.2 Å². The molecule has 0 aliphatic rings. The van der Waals surface area contributed by atoms with Crippen LogP contribution in [-0.2, 0) is 21.7 Å². The summed E-state index contributed by atoms with van der Waals surface area (Å²) in [5.41, 5.74) is 1.70. The molecule has 10 heteroatoms. The zero-order valence-electron chi connectivity index (χ0n) is 12.6. The molecule has 4 N–H and O–H groups in total. The average Bonchev–Trinajstić information content (AvgIpc) is 2.45. The molecule has 0 aromatic carbocycles. The summed E-state index contributed by atoms with van der Waals surface area (Å²) in [7, 11) is -8.20. The molecule has 0 atom stereocenters. The Hall–Kier alpha value is -1.66. The van der Waals surface area contributed by atoms with E-state index in [1.165, 1.54) is 9.13 Å². The summed E-state index contributed by atoms with van der Waals surface area (Å²) in [6.07, 6.45) is 9.24. The van der Waals surface area contributed by atoms with Crippen molar-refractivity contribution >= 4 is 27.3 Å². The van der Waals surface area contributed by atoms with E-state index in [9.17, 15) is 9.13 Å². The van der Waals surface area contributed by atoms with E-state index in [0.717, 1.165) is 11.1 Å². The summed E-state index contributed by atoms with van der Waals surface area (Å²) in [6.45, 7) is 0. The lowest BCUT2D eigenvalue weighted by molar-refractivity contribution is -0.680. The van der Waals surface area contributed by atoms with Crippen molar-refractivity contribution in [3.8, 4) is 0 Å². The van der Waals surface area contributed by atoms with Crippen LogP contribution < -0.4 is 9.13 Å². The van der Waals surface area contributed by atoms with Crippen LogP contribution in [0.1, 0.15) is 11.1 Å². The third-order valence-electron chi connectivity index (χ3n) is 3.00. The van der Waals surface area contributed by atoms with Crippen LogP contribution in [0.5, 0.6) is 0 Å². The Morgan fingerprint density at radius 2 is 1.00 bits per heavy atom. The average molecular weight is 372 g/mol. The van der Waals surface area contributed by atoms with E-state index in [0.29, 0.717) is 0 Å². The SMILES string of the molecule is O=P(O)(O)C[n+]1ccc(C=Cc2cc[n+](CP(=O)(O)O)cc2)cc1. The number of hydrogen-bond donors (Lipinski definition) is 4. The van der Waals surface area contributed by atoms with Crippen LogP contribution in [0.25, 0.3) is 12.2 Å². The van der Waals surface area contributed by atoms with E-state index >= 15 is 0 Å². The summed E-state index contributed by atoms with van der Waals surface area (Å²) in [5, 5.41) is 0. The van der Waals surface area contributed by atoms with Gasteiger partial charge in [0.05, 0.1) is 0 Å². The maximum atomic E-state index is 10.9. The number of pyridine rings is 2. The monoisotopic (exact) mass is 372 g/mol. The van der Waals surface area contributed by atoms with Crippen LogP contribution in [-0.4, -0.2) is 19.6 Å². The van der Waals surface area contributed by atoms with E-state index < -0.39 is 15.2 Å². The van der Waals surface area contributed by atoms with Crippen molar-refractivity contribution in [2.24, 2.45) is 0 Å². The molecule has 0 saturated carbocycles. The second-order valence-electron chi connectivity index (χ2n) is 5.24. The fraction of sp³-hybridized carbons (Fsp3) is 0.143. The van der Waals surface area contributed by atoms with Crippen molar-refractivity contribution in [3.63, 3.8) is 0 Å². The summed E-state index contributed by atoms with van der Waals surface area (Å²) in [6, 6.07) is 6.90. The third-order valence-corrected chi connectivity index (χ3v) is 4.39. The van der Waals surface area contributed by atoms with Crippen molar-refractivity contribution in [2.75, 3.05) is 0 Å². The molecule has 0 radical (unpaired) electrons. The predicted molar refractivity (Wildman–Crippen MR) is 86.3 cm³/mol. The highest BCUT2D eigenvalue weighted by atomic mass is 31.2. The maximum Gasteiger partial charge on any atom is 0.390 e. The predicted octanol–water partition coefficient (Wildman–Crippen LogP) is 0.702. The minimum absolute atomic E-state index is 0.366. The highest BCUT2D eigenvalue weighted by Gasteiger charge is 2.20. The highest BCUT2D eigenvalue weighted by molar-refractivity contribution is 7.50. The van der Waals surface area contributed by atoms with Crippen molar-refractivity contribution < 1.29 is 37.8 Å². The largest absolute Gasteiger partial charge is 0.390 e. The first kappa shape index (κ1) is 18.7. The first-order valence-corrected chi connectivity index (χ1v) is 10.5. The second kappa shape index (κ2) is 7.49. The first-order valence-electron chi connectivity index (χ1n) is 6.86. The Morgan fingerprint density at radius 1 is 0.708 bits per heavy atom. The molecule has 24 heavy (non-hydrogen) atoms. The minimum atomic E-state index is -4.10. The molecule has 0 amide bonds. The molecule has 0 spiro atoms. The van der Waals surface area contributed by atoms with Gasteiger partial charge in [0.1, 0.15) is 0 Å². The van der Waals surface area contributed by atoms with Gasteiger partial charge in [-0.2, -0.15) is 9.13 Å². The van der Waals surface area contributed by atoms with Crippen LogP contribution in [0.15, 0.2) is 49.1 Å². The minimum Gasteiger partial charge on any atom is -0.320 e. The molecule has 2 aromatic rings. The zero-order valence-corrected chi connectivity index (χ0v) is 14.4. The Labute approximate surface area is 138 Å². The number of aromatic nitrogens is 2. The fourth-order valence-corrected chi connectivity index (χ4v) is 3.19. The topological polar surface area (TPSA) is 123 Å². The van der Waals surface area contributed by atoms with Gasteiger partial charge in [-0.3, -0.25) is 9.13 Å². The standard InChI is InChI=1S/C14H16N2O6P2/c17-23(18,19)11-15-7-3-13(4-8-15)1-2-14-5-9-16(10-6-14)12-24(20,21)22/h1-10H,11-12H2,(H2-2,17,18,19,20,21,22)/p+2. The molecular weight excluding hydrogens is 354 g/mol. The zero-order chi connectivity index (χ0) is 17.8. The maximum absolute atomic E-state index is 10.9. The van der Waals surface area contributed by atoms with Gasteiger partial charge in [0.15, 0.2) is 24.8 Å². The van der Waals surface area contributed by atoms with Crippen molar-refractivity contribution in [1.82, 2.24) is 0 Å². The fourth-order valence-electron chi connectivity index (χ4n) is 1.97. The number of nitrogens with zero attached hydrogens (tertiary/aromatic N) is 2. The second-order valence-corrected chi connectivity index (χ2v) is 8.46.